The minimum Gasteiger partial charge on any atom is -0.461 e. The Labute approximate surface area is 147 Å². The van der Waals surface area contributed by atoms with Crippen LogP contribution in [0, 0.1) is 5.82 Å². The van der Waals surface area contributed by atoms with E-state index in [0.29, 0.717) is 17.0 Å². The molecule has 1 aliphatic heterocycles. The van der Waals surface area contributed by atoms with Crippen molar-refractivity contribution in [1.82, 2.24) is 9.55 Å². The van der Waals surface area contributed by atoms with Gasteiger partial charge in [0.15, 0.2) is 5.69 Å². The molecule has 2 aromatic heterocycles. The number of esters is 1. The van der Waals surface area contributed by atoms with Crippen LogP contribution >= 0.6 is 11.3 Å². The standard InChI is InChI=1S/C18H14FN3O2S/c1-2-24-18(23)16-14-9-20-15(11-4-3-5-12(19)8-11)13-6-7-25-17(13)22(14)10-21-16/h3-8,10H,2,9H2,1H3. The summed E-state index contributed by atoms with van der Waals surface area (Å²) >= 11 is 1.52. The van der Waals surface area contributed by atoms with Gasteiger partial charge in [-0.3, -0.25) is 9.56 Å². The van der Waals surface area contributed by atoms with Crippen LogP contribution in [-0.2, 0) is 11.3 Å². The largest absolute Gasteiger partial charge is 0.461 e. The number of carbonyl (C=O) groups is 1. The number of hydrogen-bond acceptors (Lipinski definition) is 5. The Hall–Kier alpha value is -2.80. The quantitative estimate of drug-likeness (QED) is 0.675. The number of imidazole rings is 1. The van der Waals surface area contributed by atoms with Crippen molar-refractivity contribution >= 4 is 23.0 Å². The van der Waals surface area contributed by atoms with Gasteiger partial charge in [-0.1, -0.05) is 12.1 Å². The first-order valence-electron chi connectivity index (χ1n) is 7.81. The number of fused-ring (bicyclic) bond motifs is 3. The molecule has 0 bridgehead atoms. The van der Waals surface area contributed by atoms with E-state index in [0.717, 1.165) is 10.6 Å². The molecular formula is C18H14FN3O2S. The van der Waals surface area contributed by atoms with Crippen LogP contribution in [0.5, 0.6) is 0 Å². The zero-order valence-electron chi connectivity index (χ0n) is 13.4. The molecule has 1 aromatic carbocycles. The fourth-order valence-electron chi connectivity index (χ4n) is 2.86. The summed E-state index contributed by atoms with van der Waals surface area (Å²) in [6.45, 7) is 2.30. The summed E-state index contributed by atoms with van der Waals surface area (Å²) in [7, 11) is 0. The number of hydrogen-bond donors (Lipinski definition) is 0. The third-order valence-electron chi connectivity index (χ3n) is 3.94. The number of benzene rings is 1. The summed E-state index contributed by atoms with van der Waals surface area (Å²) in [5, 5.41) is 2.84. The maximum absolute atomic E-state index is 13.7. The van der Waals surface area contributed by atoms with Gasteiger partial charge in [0, 0.05) is 11.1 Å². The van der Waals surface area contributed by atoms with Crippen LogP contribution in [0.2, 0.25) is 0 Å². The molecule has 0 saturated carbocycles. The first kappa shape index (κ1) is 15.7. The Balaban J connectivity index is 1.86. The average molecular weight is 355 g/mol. The summed E-state index contributed by atoms with van der Waals surface area (Å²) in [6, 6.07) is 8.31. The SMILES string of the molecule is CCOC(=O)c1ncn2c1CN=C(c1cccc(F)c1)c1ccsc1-2. The maximum atomic E-state index is 13.7. The van der Waals surface area contributed by atoms with Gasteiger partial charge in [-0.15, -0.1) is 11.3 Å². The number of rotatable bonds is 3. The van der Waals surface area contributed by atoms with Crippen molar-refractivity contribution in [2.45, 2.75) is 13.5 Å². The predicted octanol–water partition coefficient (Wildman–Crippen LogP) is 3.60. The number of aliphatic imine (C=N–C) groups is 1. The number of thiophene rings is 1. The average Bonchev–Trinajstić information content (AvgIpc) is 3.20. The first-order valence-corrected chi connectivity index (χ1v) is 8.69. The van der Waals surface area contributed by atoms with E-state index in [1.165, 1.54) is 23.5 Å². The van der Waals surface area contributed by atoms with Crippen LogP contribution in [0.15, 0.2) is 47.0 Å². The van der Waals surface area contributed by atoms with Gasteiger partial charge in [0.2, 0.25) is 0 Å². The van der Waals surface area contributed by atoms with E-state index in [9.17, 15) is 9.18 Å². The van der Waals surface area contributed by atoms with E-state index in [1.807, 2.05) is 22.1 Å². The number of carbonyl (C=O) groups excluding carboxylic acids is 1. The second-order valence-corrected chi connectivity index (χ2v) is 6.34. The number of nitrogens with zero attached hydrogens (tertiary/aromatic N) is 3. The molecule has 4 rings (SSSR count). The Morgan fingerprint density at radius 3 is 3.08 bits per heavy atom. The maximum Gasteiger partial charge on any atom is 0.358 e. The molecule has 1 aliphatic rings. The summed E-state index contributed by atoms with van der Waals surface area (Å²) in [6.07, 6.45) is 1.61. The summed E-state index contributed by atoms with van der Waals surface area (Å²) in [5.41, 5.74) is 3.24. The topological polar surface area (TPSA) is 56.5 Å². The van der Waals surface area contributed by atoms with Crippen LogP contribution in [0.3, 0.4) is 0 Å². The highest BCUT2D eigenvalue weighted by molar-refractivity contribution is 7.13. The Bertz CT molecular complexity index is 990. The minimum atomic E-state index is -0.459. The van der Waals surface area contributed by atoms with E-state index in [2.05, 4.69) is 9.98 Å². The Morgan fingerprint density at radius 1 is 1.40 bits per heavy atom. The molecule has 25 heavy (non-hydrogen) atoms. The normalized spacial score (nSPS) is 12.8. The Kier molecular flexibility index (Phi) is 3.93. The molecule has 0 spiro atoms. The van der Waals surface area contributed by atoms with Crippen molar-refractivity contribution < 1.29 is 13.9 Å². The molecule has 3 heterocycles. The minimum absolute atomic E-state index is 0.265. The predicted molar refractivity (Wildman–Crippen MR) is 93.1 cm³/mol. The molecule has 0 radical (unpaired) electrons. The van der Waals surface area contributed by atoms with Gasteiger partial charge in [-0.25, -0.2) is 14.2 Å². The fraction of sp³-hybridized carbons (Fsp3) is 0.167. The number of ether oxygens (including phenoxy) is 1. The van der Waals surface area contributed by atoms with E-state index >= 15 is 0 Å². The molecule has 0 aliphatic carbocycles. The van der Waals surface area contributed by atoms with Gasteiger partial charge < -0.3 is 4.74 Å². The van der Waals surface area contributed by atoms with Crippen molar-refractivity contribution in [2.24, 2.45) is 4.99 Å². The van der Waals surface area contributed by atoms with Gasteiger partial charge in [-0.05, 0) is 30.5 Å². The van der Waals surface area contributed by atoms with Crippen LogP contribution in [-0.4, -0.2) is 27.8 Å². The fourth-order valence-corrected chi connectivity index (χ4v) is 3.76. The molecule has 0 amide bonds. The summed E-state index contributed by atoms with van der Waals surface area (Å²) in [5.74, 6) is -0.770. The Morgan fingerprint density at radius 2 is 2.28 bits per heavy atom. The lowest BCUT2D eigenvalue weighted by Gasteiger charge is -2.06. The van der Waals surface area contributed by atoms with Crippen molar-refractivity contribution in [3.8, 4) is 5.00 Å². The van der Waals surface area contributed by atoms with E-state index < -0.39 is 5.97 Å². The number of aromatic nitrogens is 2. The zero-order valence-corrected chi connectivity index (χ0v) is 14.2. The van der Waals surface area contributed by atoms with Crippen molar-refractivity contribution in [3.63, 3.8) is 0 Å². The molecule has 126 valence electrons. The van der Waals surface area contributed by atoms with Gasteiger partial charge in [-0.2, -0.15) is 0 Å². The third-order valence-corrected chi connectivity index (χ3v) is 4.85. The van der Waals surface area contributed by atoms with E-state index in [1.54, 1.807) is 19.3 Å². The van der Waals surface area contributed by atoms with Gasteiger partial charge in [0.05, 0.1) is 24.6 Å². The van der Waals surface area contributed by atoms with Crippen LogP contribution in [0.4, 0.5) is 4.39 Å². The molecule has 5 nitrogen and oxygen atoms in total. The highest BCUT2D eigenvalue weighted by Gasteiger charge is 2.25. The van der Waals surface area contributed by atoms with Crippen LogP contribution < -0.4 is 0 Å². The molecule has 0 fully saturated rings. The molecule has 0 saturated heterocycles. The van der Waals surface area contributed by atoms with Crippen LogP contribution in [0.25, 0.3) is 5.00 Å². The molecule has 7 heteroatoms. The molecular weight excluding hydrogens is 341 g/mol. The summed E-state index contributed by atoms with van der Waals surface area (Å²) < 4.78 is 20.6. The van der Waals surface area contributed by atoms with Crippen molar-refractivity contribution in [3.05, 3.63) is 70.4 Å². The highest BCUT2D eigenvalue weighted by Crippen LogP contribution is 2.30. The van der Waals surface area contributed by atoms with E-state index in [-0.39, 0.29) is 24.7 Å². The lowest BCUT2D eigenvalue weighted by Crippen LogP contribution is -2.09. The van der Waals surface area contributed by atoms with E-state index in [4.69, 9.17) is 4.74 Å². The monoisotopic (exact) mass is 355 g/mol. The first-order chi connectivity index (χ1) is 12.2. The highest BCUT2D eigenvalue weighted by atomic mass is 32.1. The van der Waals surface area contributed by atoms with Gasteiger partial charge >= 0.3 is 5.97 Å². The lowest BCUT2D eigenvalue weighted by molar-refractivity contribution is 0.0518. The van der Waals surface area contributed by atoms with Crippen molar-refractivity contribution in [1.29, 1.82) is 0 Å². The van der Waals surface area contributed by atoms with Crippen LogP contribution in [0.1, 0.15) is 34.2 Å². The second-order valence-electron chi connectivity index (χ2n) is 5.44. The molecule has 0 atom stereocenters. The molecule has 0 N–H and O–H groups in total. The lowest BCUT2D eigenvalue weighted by atomic mass is 10.0. The van der Waals surface area contributed by atoms with Crippen molar-refractivity contribution in [2.75, 3.05) is 6.61 Å². The second kappa shape index (κ2) is 6.25. The van der Waals surface area contributed by atoms with Gasteiger partial charge in [0.1, 0.15) is 17.1 Å². The van der Waals surface area contributed by atoms with Gasteiger partial charge in [0.25, 0.3) is 0 Å². The summed E-state index contributed by atoms with van der Waals surface area (Å²) in [4.78, 5) is 21.0. The molecule has 0 unspecified atom stereocenters. The third kappa shape index (κ3) is 2.66. The zero-order chi connectivity index (χ0) is 17.4. The number of halogens is 1. The smallest absolute Gasteiger partial charge is 0.358 e. The molecule has 3 aromatic rings.